The Morgan fingerprint density at radius 1 is 0.568 bits per heavy atom. The molecule has 0 radical (unpaired) electrons. The van der Waals surface area contributed by atoms with E-state index < -0.39 is 11.9 Å². The van der Waals surface area contributed by atoms with E-state index in [2.05, 4.69) is 9.80 Å². The number of hydrogen-bond acceptors (Lipinski definition) is 12. The van der Waals surface area contributed by atoms with E-state index in [0.29, 0.717) is 58.8 Å². The van der Waals surface area contributed by atoms with Crippen LogP contribution in [0.5, 0.6) is 34.5 Å². The highest BCUT2D eigenvalue weighted by molar-refractivity contribution is 5.91. The second kappa shape index (κ2) is 18.9. The van der Waals surface area contributed by atoms with Gasteiger partial charge in [-0.3, -0.25) is 0 Å². The monoisotopic (exact) mass is 640 g/mol. The van der Waals surface area contributed by atoms with Gasteiger partial charge in [-0.05, 0) is 56.6 Å². The van der Waals surface area contributed by atoms with Crippen LogP contribution in [-0.4, -0.2) is 117 Å². The molecule has 0 atom stereocenters. The molecule has 2 aromatic carbocycles. The Labute approximate surface area is 265 Å². The van der Waals surface area contributed by atoms with Crippen molar-refractivity contribution in [3.63, 3.8) is 0 Å². The second-order valence-corrected chi connectivity index (χ2v) is 9.84. The van der Waals surface area contributed by atoms with Crippen molar-refractivity contribution in [1.29, 1.82) is 0 Å². The molecule has 0 aromatic heterocycles. The summed E-state index contributed by atoms with van der Waals surface area (Å²) in [4.78, 5) is 30.0. The van der Waals surface area contributed by atoms with E-state index in [4.69, 9.17) is 37.9 Å². The van der Waals surface area contributed by atoms with Gasteiger partial charge in [-0.25, -0.2) is 9.59 Å². The molecule has 13 heteroatoms. The van der Waals surface area contributed by atoms with E-state index in [9.17, 15) is 9.59 Å². The average molecular weight is 641 g/mol. The van der Waals surface area contributed by atoms with Gasteiger partial charge in [-0.2, -0.15) is 0 Å². The minimum absolute atomic E-state index is 0. The second-order valence-electron chi connectivity index (χ2n) is 9.84. The summed E-state index contributed by atoms with van der Waals surface area (Å²) in [6, 6.07) is 6.34. The zero-order valence-electron chi connectivity index (χ0n) is 26.5. The molecule has 44 heavy (non-hydrogen) atoms. The van der Waals surface area contributed by atoms with Gasteiger partial charge < -0.3 is 47.7 Å². The molecule has 0 amide bonds. The van der Waals surface area contributed by atoms with Crippen molar-refractivity contribution in [3.8, 4) is 34.5 Å². The summed E-state index contributed by atoms with van der Waals surface area (Å²) in [5.74, 6) is 1.58. The third-order valence-electron chi connectivity index (χ3n) is 7.19. The number of esters is 2. The molecule has 0 saturated carbocycles. The molecule has 2 aromatic rings. The molecular formula is C31H45ClN2O10. The van der Waals surface area contributed by atoms with Crippen molar-refractivity contribution >= 4 is 24.3 Å². The largest absolute Gasteiger partial charge is 0.493 e. The van der Waals surface area contributed by atoms with E-state index in [1.807, 2.05) is 0 Å². The van der Waals surface area contributed by atoms with Crippen LogP contribution in [0.3, 0.4) is 0 Å². The summed E-state index contributed by atoms with van der Waals surface area (Å²) in [6.07, 6.45) is 2.50. The van der Waals surface area contributed by atoms with Gasteiger partial charge in [0.15, 0.2) is 23.0 Å². The Bertz CT molecular complexity index is 1070. The minimum atomic E-state index is -0.438. The van der Waals surface area contributed by atoms with Crippen LogP contribution in [-0.2, 0) is 9.47 Å². The number of benzene rings is 2. The van der Waals surface area contributed by atoms with Gasteiger partial charge >= 0.3 is 11.9 Å². The molecular weight excluding hydrogens is 596 g/mol. The molecule has 1 aliphatic rings. The van der Waals surface area contributed by atoms with Crippen molar-refractivity contribution in [2.45, 2.75) is 19.3 Å². The van der Waals surface area contributed by atoms with Gasteiger partial charge in [0.1, 0.15) is 0 Å². The SMILES string of the molecule is COc1cc(C(=O)OCCCN2CCCN(CCCOC(=O)c3cc(OC)c(OC)c(OC)c3)CC2)cc(OC)c1OC.Cl. The summed E-state index contributed by atoms with van der Waals surface area (Å²) < 4.78 is 42.9. The third-order valence-corrected chi connectivity index (χ3v) is 7.19. The Morgan fingerprint density at radius 2 is 0.909 bits per heavy atom. The lowest BCUT2D eigenvalue weighted by Crippen LogP contribution is -2.32. The standard InChI is InChI=1S/C31H44N2O10.ClH/c1-36-24-18-22(19-25(37-2)28(24)40-5)30(34)42-16-8-12-32-10-7-11-33(15-14-32)13-9-17-43-31(35)23-20-26(38-3)29(41-6)27(21-23)39-4;/h18-21H,7-17H2,1-6H3;1H. The van der Waals surface area contributed by atoms with Crippen molar-refractivity contribution in [2.24, 2.45) is 0 Å². The lowest BCUT2D eigenvalue weighted by Gasteiger charge is -2.21. The molecule has 0 aliphatic carbocycles. The van der Waals surface area contributed by atoms with Gasteiger partial charge in [-0.1, -0.05) is 0 Å². The topological polar surface area (TPSA) is 114 Å². The van der Waals surface area contributed by atoms with Crippen LogP contribution >= 0.6 is 12.4 Å². The predicted molar refractivity (Wildman–Crippen MR) is 167 cm³/mol. The molecule has 1 fully saturated rings. The molecule has 246 valence electrons. The first-order valence-electron chi connectivity index (χ1n) is 14.3. The van der Waals surface area contributed by atoms with Crippen LogP contribution in [0, 0.1) is 0 Å². The zero-order chi connectivity index (χ0) is 31.2. The molecule has 3 rings (SSSR count). The molecule has 0 unspecified atom stereocenters. The fraction of sp³-hybridized carbons (Fsp3) is 0.548. The maximum Gasteiger partial charge on any atom is 0.338 e. The number of methoxy groups -OCH3 is 6. The van der Waals surface area contributed by atoms with Crippen molar-refractivity contribution in [2.75, 3.05) is 95.1 Å². The third kappa shape index (κ3) is 9.96. The Morgan fingerprint density at radius 3 is 1.20 bits per heavy atom. The van der Waals surface area contributed by atoms with Crippen LogP contribution in [0.4, 0.5) is 0 Å². The normalized spacial score (nSPS) is 13.6. The molecule has 1 saturated heterocycles. The number of rotatable bonds is 16. The van der Waals surface area contributed by atoms with Crippen LogP contribution in [0.2, 0.25) is 0 Å². The quantitative estimate of drug-likeness (QED) is 0.195. The van der Waals surface area contributed by atoms with Gasteiger partial charge in [0, 0.05) is 26.2 Å². The number of ether oxygens (including phenoxy) is 8. The number of hydrogen-bond donors (Lipinski definition) is 0. The van der Waals surface area contributed by atoms with Crippen LogP contribution in [0.15, 0.2) is 24.3 Å². The fourth-order valence-corrected chi connectivity index (χ4v) is 4.94. The summed E-state index contributed by atoms with van der Waals surface area (Å²) in [5, 5.41) is 0. The lowest BCUT2D eigenvalue weighted by molar-refractivity contribution is 0.0475. The summed E-state index contributed by atoms with van der Waals surface area (Å²) in [5.41, 5.74) is 0.683. The first-order chi connectivity index (χ1) is 20.9. The highest BCUT2D eigenvalue weighted by Gasteiger charge is 2.20. The van der Waals surface area contributed by atoms with Crippen LogP contribution in [0.1, 0.15) is 40.0 Å². The smallest absolute Gasteiger partial charge is 0.338 e. The lowest BCUT2D eigenvalue weighted by atomic mass is 10.2. The molecule has 1 aliphatic heterocycles. The number of carbonyl (C=O) groups is 2. The van der Waals surface area contributed by atoms with E-state index in [0.717, 1.165) is 58.5 Å². The summed E-state index contributed by atoms with van der Waals surface area (Å²) in [6.45, 7) is 6.10. The fourth-order valence-electron chi connectivity index (χ4n) is 4.94. The summed E-state index contributed by atoms with van der Waals surface area (Å²) >= 11 is 0. The van der Waals surface area contributed by atoms with Crippen molar-refractivity contribution in [3.05, 3.63) is 35.4 Å². The van der Waals surface area contributed by atoms with E-state index in [1.54, 1.807) is 24.3 Å². The molecule has 1 heterocycles. The van der Waals surface area contributed by atoms with Crippen LogP contribution < -0.4 is 28.4 Å². The van der Waals surface area contributed by atoms with Gasteiger partial charge in [0.2, 0.25) is 11.5 Å². The predicted octanol–water partition coefficient (Wildman–Crippen LogP) is 3.96. The minimum Gasteiger partial charge on any atom is -0.493 e. The molecule has 0 bridgehead atoms. The van der Waals surface area contributed by atoms with Crippen LogP contribution in [0.25, 0.3) is 0 Å². The van der Waals surface area contributed by atoms with Crippen molar-refractivity contribution < 1.29 is 47.5 Å². The highest BCUT2D eigenvalue weighted by Crippen LogP contribution is 2.39. The molecule has 0 N–H and O–H groups in total. The maximum atomic E-state index is 12.6. The van der Waals surface area contributed by atoms with Crippen molar-refractivity contribution in [1.82, 2.24) is 9.80 Å². The van der Waals surface area contributed by atoms with E-state index in [1.165, 1.54) is 42.7 Å². The number of nitrogens with zero attached hydrogens (tertiary/aromatic N) is 2. The van der Waals surface area contributed by atoms with E-state index in [-0.39, 0.29) is 12.4 Å². The number of halogens is 1. The number of carbonyl (C=O) groups excluding carboxylic acids is 2. The van der Waals surface area contributed by atoms with E-state index >= 15 is 0 Å². The Hall–Kier alpha value is -3.61. The first kappa shape index (κ1) is 36.6. The average Bonchev–Trinajstić information content (AvgIpc) is 3.28. The molecule has 12 nitrogen and oxygen atoms in total. The van der Waals surface area contributed by atoms with Gasteiger partial charge in [0.25, 0.3) is 0 Å². The van der Waals surface area contributed by atoms with Gasteiger partial charge in [-0.15, -0.1) is 12.4 Å². The molecule has 0 spiro atoms. The van der Waals surface area contributed by atoms with Gasteiger partial charge in [0.05, 0.1) is 67.0 Å². The first-order valence-corrected chi connectivity index (χ1v) is 14.3. The summed E-state index contributed by atoms with van der Waals surface area (Å²) in [7, 11) is 9.04. The zero-order valence-corrected chi connectivity index (χ0v) is 27.3. The maximum absolute atomic E-state index is 12.6. The highest BCUT2D eigenvalue weighted by atomic mass is 35.5. The Balaban J connectivity index is 0.00000675. The Kier molecular flexibility index (Phi) is 15.7.